The molecule has 3 aromatic rings. The highest BCUT2D eigenvalue weighted by atomic mass is 16.5. The molecule has 0 saturated heterocycles. The van der Waals surface area contributed by atoms with Crippen LogP contribution in [-0.2, 0) is 17.7 Å². The highest BCUT2D eigenvalue weighted by Crippen LogP contribution is 2.06. The first-order chi connectivity index (χ1) is 11.3. The van der Waals surface area contributed by atoms with Crippen molar-refractivity contribution >= 4 is 11.4 Å². The monoisotopic (exact) mass is 314 g/mol. The van der Waals surface area contributed by atoms with Gasteiger partial charge in [-0.3, -0.25) is 4.79 Å². The van der Waals surface area contributed by atoms with Crippen molar-refractivity contribution in [3.05, 3.63) is 48.3 Å². The van der Waals surface area contributed by atoms with Gasteiger partial charge in [0.15, 0.2) is 0 Å². The second-order valence-electron chi connectivity index (χ2n) is 5.06. The van der Waals surface area contributed by atoms with Crippen LogP contribution in [0, 0.1) is 0 Å². The lowest BCUT2D eigenvalue weighted by Crippen LogP contribution is -2.26. The third-order valence-corrected chi connectivity index (χ3v) is 3.53. The molecule has 0 aliphatic rings. The van der Waals surface area contributed by atoms with E-state index in [4.69, 9.17) is 4.74 Å². The Hall–Kier alpha value is -2.74. The summed E-state index contributed by atoms with van der Waals surface area (Å²) in [4.78, 5) is 12.2. The van der Waals surface area contributed by atoms with Crippen LogP contribution in [0.3, 0.4) is 0 Å². The molecular weight excluding hydrogens is 296 g/mol. The van der Waals surface area contributed by atoms with E-state index >= 15 is 0 Å². The number of nitrogens with zero attached hydrogens (tertiary/aromatic N) is 5. The number of nitrogens with one attached hydrogen (secondary N) is 1. The van der Waals surface area contributed by atoms with Gasteiger partial charge in [0.2, 0.25) is 0 Å². The van der Waals surface area contributed by atoms with E-state index in [9.17, 15) is 4.79 Å². The molecule has 1 amide bonds. The summed E-state index contributed by atoms with van der Waals surface area (Å²) in [6.45, 7) is 1.79. The first-order valence-electron chi connectivity index (χ1n) is 7.35. The minimum atomic E-state index is -0.114. The summed E-state index contributed by atoms with van der Waals surface area (Å²) in [5, 5.41) is 15.0. The van der Waals surface area contributed by atoms with Gasteiger partial charge in [0.1, 0.15) is 12.2 Å². The van der Waals surface area contributed by atoms with E-state index < -0.39 is 0 Å². The van der Waals surface area contributed by atoms with Crippen LogP contribution in [0.4, 0.5) is 0 Å². The van der Waals surface area contributed by atoms with Crippen LogP contribution in [0.5, 0.6) is 0 Å². The SMILES string of the molecule is COCCn1cnnc1CCNC(=O)c1ccn2nccc2c1. The van der Waals surface area contributed by atoms with Crippen molar-refractivity contribution in [2.24, 2.45) is 0 Å². The van der Waals surface area contributed by atoms with E-state index in [2.05, 4.69) is 20.6 Å². The minimum absolute atomic E-state index is 0.114. The van der Waals surface area contributed by atoms with Gasteiger partial charge in [-0.25, -0.2) is 4.52 Å². The number of hydrogen-bond donors (Lipinski definition) is 1. The van der Waals surface area contributed by atoms with Gasteiger partial charge < -0.3 is 14.6 Å². The van der Waals surface area contributed by atoms with Crippen LogP contribution in [-0.4, -0.2) is 50.5 Å². The van der Waals surface area contributed by atoms with Gasteiger partial charge in [-0.1, -0.05) is 0 Å². The number of pyridine rings is 1. The van der Waals surface area contributed by atoms with E-state index in [0.29, 0.717) is 31.7 Å². The molecule has 0 fully saturated rings. The van der Waals surface area contributed by atoms with Crippen LogP contribution >= 0.6 is 0 Å². The molecule has 0 saturated carbocycles. The molecule has 3 heterocycles. The zero-order valence-corrected chi connectivity index (χ0v) is 12.8. The van der Waals surface area contributed by atoms with Crippen LogP contribution in [0.1, 0.15) is 16.2 Å². The second kappa shape index (κ2) is 7.01. The van der Waals surface area contributed by atoms with Crippen molar-refractivity contribution in [3.63, 3.8) is 0 Å². The third-order valence-electron chi connectivity index (χ3n) is 3.53. The van der Waals surface area contributed by atoms with Crippen molar-refractivity contribution in [2.75, 3.05) is 20.3 Å². The zero-order chi connectivity index (χ0) is 16.1. The number of methoxy groups -OCH3 is 1. The van der Waals surface area contributed by atoms with Crippen molar-refractivity contribution in [3.8, 4) is 0 Å². The Labute approximate surface area is 133 Å². The molecular formula is C15H18N6O2. The molecule has 8 nitrogen and oxygen atoms in total. The number of hydrogen-bond acceptors (Lipinski definition) is 5. The fourth-order valence-corrected chi connectivity index (χ4v) is 2.30. The first kappa shape index (κ1) is 15.2. The molecule has 3 rings (SSSR count). The quantitative estimate of drug-likeness (QED) is 0.688. The lowest BCUT2D eigenvalue weighted by atomic mass is 10.2. The van der Waals surface area contributed by atoms with Crippen molar-refractivity contribution in [1.82, 2.24) is 29.7 Å². The molecule has 0 spiro atoms. The smallest absolute Gasteiger partial charge is 0.251 e. The molecule has 0 aliphatic carbocycles. The summed E-state index contributed by atoms with van der Waals surface area (Å²) in [5.41, 5.74) is 1.50. The standard InChI is InChI=1S/C15H18N6O2/c1-23-9-8-20-11-17-19-14(20)3-5-16-15(22)12-4-7-21-13(10-12)2-6-18-21/h2,4,6-7,10-11H,3,5,8-9H2,1H3,(H,16,22). The maximum Gasteiger partial charge on any atom is 0.251 e. The molecule has 120 valence electrons. The topological polar surface area (TPSA) is 86.3 Å². The number of carbonyl (C=O) groups excluding carboxylic acids is 1. The third kappa shape index (κ3) is 3.54. The second-order valence-corrected chi connectivity index (χ2v) is 5.06. The molecule has 0 bridgehead atoms. The van der Waals surface area contributed by atoms with Gasteiger partial charge in [0.05, 0.1) is 12.1 Å². The first-order valence-corrected chi connectivity index (χ1v) is 7.35. The van der Waals surface area contributed by atoms with Gasteiger partial charge in [-0.05, 0) is 18.2 Å². The highest BCUT2D eigenvalue weighted by Gasteiger charge is 2.08. The lowest BCUT2D eigenvalue weighted by Gasteiger charge is -2.07. The molecule has 0 radical (unpaired) electrons. The number of aromatic nitrogens is 5. The summed E-state index contributed by atoms with van der Waals surface area (Å²) < 4.78 is 8.69. The van der Waals surface area contributed by atoms with Gasteiger partial charge in [-0.2, -0.15) is 5.10 Å². The van der Waals surface area contributed by atoms with E-state index in [0.717, 1.165) is 11.3 Å². The molecule has 0 aromatic carbocycles. The number of rotatable bonds is 7. The summed E-state index contributed by atoms with van der Waals surface area (Å²) in [5.74, 6) is 0.713. The average molecular weight is 314 g/mol. The molecule has 0 atom stereocenters. The predicted octanol–water partition coefficient (Wildman–Crippen LogP) is 0.545. The van der Waals surface area contributed by atoms with E-state index in [1.807, 2.05) is 16.7 Å². The van der Waals surface area contributed by atoms with Crippen molar-refractivity contribution in [1.29, 1.82) is 0 Å². The number of carbonyl (C=O) groups is 1. The van der Waals surface area contributed by atoms with Gasteiger partial charge in [0.25, 0.3) is 5.91 Å². The Morgan fingerprint density at radius 3 is 3.17 bits per heavy atom. The fourth-order valence-electron chi connectivity index (χ4n) is 2.30. The molecule has 0 aliphatic heterocycles. The fraction of sp³-hybridized carbons (Fsp3) is 0.333. The normalized spacial score (nSPS) is 11.0. The Balaban J connectivity index is 1.55. The lowest BCUT2D eigenvalue weighted by molar-refractivity contribution is 0.0953. The van der Waals surface area contributed by atoms with Gasteiger partial charge in [0, 0.05) is 44.6 Å². The van der Waals surface area contributed by atoms with E-state index in [1.54, 1.807) is 36.4 Å². The number of ether oxygens (including phenoxy) is 1. The van der Waals surface area contributed by atoms with Crippen LogP contribution in [0.2, 0.25) is 0 Å². The summed E-state index contributed by atoms with van der Waals surface area (Å²) >= 11 is 0. The van der Waals surface area contributed by atoms with Crippen molar-refractivity contribution < 1.29 is 9.53 Å². The zero-order valence-electron chi connectivity index (χ0n) is 12.8. The molecule has 23 heavy (non-hydrogen) atoms. The van der Waals surface area contributed by atoms with Crippen LogP contribution in [0.25, 0.3) is 5.52 Å². The Morgan fingerprint density at radius 1 is 1.39 bits per heavy atom. The van der Waals surface area contributed by atoms with E-state index in [1.165, 1.54) is 0 Å². The Morgan fingerprint density at radius 2 is 2.30 bits per heavy atom. The predicted molar refractivity (Wildman–Crippen MR) is 83.1 cm³/mol. The largest absolute Gasteiger partial charge is 0.383 e. The summed E-state index contributed by atoms with van der Waals surface area (Å²) in [7, 11) is 1.65. The minimum Gasteiger partial charge on any atom is -0.383 e. The summed E-state index contributed by atoms with van der Waals surface area (Å²) in [6, 6.07) is 5.41. The average Bonchev–Trinajstić information content (AvgIpc) is 3.21. The number of fused-ring (bicyclic) bond motifs is 1. The molecule has 8 heteroatoms. The van der Waals surface area contributed by atoms with Crippen LogP contribution < -0.4 is 5.32 Å². The molecule has 3 aromatic heterocycles. The maximum atomic E-state index is 12.2. The van der Waals surface area contributed by atoms with Gasteiger partial charge >= 0.3 is 0 Å². The summed E-state index contributed by atoms with van der Waals surface area (Å²) in [6.07, 6.45) is 5.75. The van der Waals surface area contributed by atoms with Gasteiger partial charge in [-0.15, -0.1) is 10.2 Å². The molecule has 0 unspecified atom stereocenters. The van der Waals surface area contributed by atoms with Crippen LogP contribution in [0.15, 0.2) is 36.9 Å². The Kier molecular flexibility index (Phi) is 4.62. The van der Waals surface area contributed by atoms with E-state index in [-0.39, 0.29) is 5.91 Å². The maximum absolute atomic E-state index is 12.2. The van der Waals surface area contributed by atoms with Crippen molar-refractivity contribution in [2.45, 2.75) is 13.0 Å². The number of amides is 1. The molecule has 1 N–H and O–H groups in total. The highest BCUT2D eigenvalue weighted by molar-refractivity contribution is 5.95. The Bertz CT molecular complexity index is 794.